The molecule has 0 aromatic rings. The summed E-state index contributed by atoms with van der Waals surface area (Å²) < 4.78 is 10.4. The second-order valence-electron chi connectivity index (χ2n) is 3.86. The standard InChI is InChI=1S/C8H8O6/c9-7(10)1-2(8(11)12)4-6-5(14-6)3(1)13-4/h1-6H,(H,9,10)(H,11,12)/t1-,2+,3-,4+,5-,6+. The lowest BCUT2D eigenvalue weighted by molar-refractivity contribution is -0.153. The van der Waals surface area contributed by atoms with Crippen molar-refractivity contribution < 1.29 is 29.3 Å². The first kappa shape index (κ1) is 8.19. The van der Waals surface area contributed by atoms with Gasteiger partial charge in [-0.15, -0.1) is 0 Å². The first-order chi connectivity index (χ1) is 6.61. The van der Waals surface area contributed by atoms with E-state index in [2.05, 4.69) is 0 Å². The van der Waals surface area contributed by atoms with Crippen molar-refractivity contribution in [1.82, 2.24) is 0 Å². The molecular weight excluding hydrogens is 192 g/mol. The summed E-state index contributed by atoms with van der Waals surface area (Å²) in [5.74, 6) is -4.14. The first-order valence-electron chi connectivity index (χ1n) is 4.38. The maximum absolute atomic E-state index is 10.9. The summed E-state index contributed by atoms with van der Waals surface area (Å²) in [4.78, 5) is 21.7. The average Bonchev–Trinajstić information content (AvgIpc) is 2.71. The van der Waals surface area contributed by atoms with Gasteiger partial charge in [-0.3, -0.25) is 9.59 Å². The number of fused-ring (bicyclic) bond motifs is 5. The summed E-state index contributed by atoms with van der Waals surface area (Å²) in [5, 5.41) is 17.8. The van der Waals surface area contributed by atoms with Gasteiger partial charge in [0.25, 0.3) is 0 Å². The van der Waals surface area contributed by atoms with E-state index < -0.39 is 36.0 Å². The Labute approximate surface area is 78.4 Å². The van der Waals surface area contributed by atoms with Crippen molar-refractivity contribution in [3.8, 4) is 0 Å². The minimum absolute atomic E-state index is 0.184. The van der Waals surface area contributed by atoms with Gasteiger partial charge < -0.3 is 19.7 Å². The van der Waals surface area contributed by atoms with E-state index in [1.807, 2.05) is 0 Å². The van der Waals surface area contributed by atoms with Crippen molar-refractivity contribution >= 4 is 11.9 Å². The molecule has 3 aliphatic rings. The fourth-order valence-corrected chi connectivity index (χ4v) is 2.58. The molecule has 3 saturated heterocycles. The fourth-order valence-electron chi connectivity index (χ4n) is 2.58. The van der Waals surface area contributed by atoms with Gasteiger partial charge in [-0.2, -0.15) is 0 Å². The molecular formula is C8H8O6. The molecule has 76 valence electrons. The number of hydrogen-bond donors (Lipinski definition) is 2. The third kappa shape index (κ3) is 0.777. The number of hydrogen-bond acceptors (Lipinski definition) is 4. The molecule has 0 aromatic carbocycles. The number of rotatable bonds is 2. The lowest BCUT2D eigenvalue weighted by Gasteiger charge is -2.17. The molecule has 0 unspecified atom stereocenters. The molecule has 3 heterocycles. The second-order valence-corrected chi connectivity index (χ2v) is 3.86. The van der Waals surface area contributed by atoms with Crippen LogP contribution in [0.4, 0.5) is 0 Å². The lowest BCUT2D eigenvalue weighted by Crippen LogP contribution is -2.41. The van der Waals surface area contributed by atoms with Gasteiger partial charge in [0.15, 0.2) is 0 Å². The molecule has 6 atom stereocenters. The third-order valence-corrected chi connectivity index (χ3v) is 3.19. The van der Waals surface area contributed by atoms with E-state index in [4.69, 9.17) is 19.7 Å². The number of carbonyl (C=O) groups is 2. The van der Waals surface area contributed by atoms with Crippen LogP contribution in [0.3, 0.4) is 0 Å². The van der Waals surface area contributed by atoms with Gasteiger partial charge in [-0.25, -0.2) is 0 Å². The first-order valence-corrected chi connectivity index (χ1v) is 4.38. The Bertz CT molecular complexity index is 296. The topological polar surface area (TPSA) is 96.4 Å². The highest BCUT2D eigenvalue weighted by molar-refractivity contribution is 5.82. The SMILES string of the molecule is O=C(O)[C@@H]1[C@@H]2O[C@@H]([C@H]3O[C@H]32)[C@@H]1C(=O)O. The molecule has 0 amide bonds. The molecule has 3 rings (SSSR count). The van der Waals surface area contributed by atoms with Gasteiger partial charge in [0.1, 0.15) is 36.3 Å². The number of carboxylic acids is 2. The molecule has 6 nitrogen and oxygen atoms in total. The van der Waals surface area contributed by atoms with Gasteiger partial charge >= 0.3 is 11.9 Å². The number of ether oxygens (including phenoxy) is 2. The number of epoxide rings is 1. The molecule has 0 spiro atoms. The third-order valence-electron chi connectivity index (χ3n) is 3.19. The van der Waals surface area contributed by atoms with Crippen molar-refractivity contribution in [1.29, 1.82) is 0 Å². The molecule has 2 bridgehead atoms. The zero-order valence-electron chi connectivity index (χ0n) is 6.99. The molecule has 0 radical (unpaired) electrons. The van der Waals surface area contributed by atoms with Crippen molar-refractivity contribution in [2.75, 3.05) is 0 Å². The Morgan fingerprint density at radius 1 is 0.786 bits per heavy atom. The van der Waals surface area contributed by atoms with Crippen LogP contribution in [0.5, 0.6) is 0 Å². The lowest BCUT2D eigenvalue weighted by atomic mass is 9.79. The maximum Gasteiger partial charge on any atom is 0.310 e. The molecule has 6 heteroatoms. The van der Waals surface area contributed by atoms with Gasteiger partial charge in [-0.05, 0) is 0 Å². The predicted octanol–water partition coefficient (Wildman–Crippen LogP) is -1.06. The highest BCUT2D eigenvalue weighted by Crippen LogP contribution is 2.53. The van der Waals surface area contributed by atoms with Crippen molar-refractivity contribution in [2.24, 2.45) is 11.8 Å². The quantitative estimate of drug-likeness (QED) is 0.551. The highest BCUT2D eigenvalue weighted by atomic mass is 16.7. The van der Waals surface area contributed by atoms with Crippen LogP contribution >= 0.6 is 0 Å². The van der Waals surface area contributed by atoms with E-state index in [1.165, 1.54) is 0 Å². The minimum Gasteiger partial charge on any atom is -0.481 e. The van der Waals surface area contributed by atoms with Crippen LogP contribution in [0, 0.1) is 11.8 Å². The van der Waals surface area contributed by atoms with Crippen molar-refractivity contribution in [3.63, 3.8) is 0 Å². The Morgan fingerprint density at radius 2 is 1.14 bits per heavy atom. The molecule has 2 N–H and O–H groups in total. The normalized spacial score (nSPS) is 52.9. The smallest absolute Gasteiger partial charge is 0.310 e. The second kappa shape index (κ2) is 2.26. The monoisotopic (exact) mass is 200 g/mol. The molecule has 0 aliphatic carbocycles. The summed E-state index contributed by atoms with van der Waals surface area (Å²) in [6.45, 7) is 0. The van der Waals surface area contributed by atoms with Crippen LogP contribution in [-0.2, 0) is 19.1 Å². The maximum atomic E-state index is 10.9. The van der Waals surface area contributed by atoms with E-state index in [1.54, 1.807) is 0 Å². The summed E-state index contributed by atoms with van der Waals surface area (Å²) in [6, 6.07) is 0. The number of carboxylic acid groups (broad SMARTS) is 2. The van der Waals surface area contributed by atoms with Crippen molar-refractivity contribution in [3.05, 3.63) is 0 Å². The van der Waals surface area contributed by atoms with Crippen LogP contribution in [0.25, 0.3) is 0 Å². The van der Waals surface area contributed by atoms with Crippen LogP contribution in [0.15, 0.2) is 0 Å². The Balaban J connectivity index is 1.95. The van der Waals surface area contributed by atoms with E-state index in [9.17, 15) is 9.59 Å². The Morgan fingerprint density at radius 3 is 1.50 bits per heavy atom. The van der Waals surface area contributed by atoms with E-state index in [0.717, 1.165) is 0 Å². The largest absolute Gasteiger partial charge is 0.481 e. The van der Waals surface area contributed by atoms with Gasteiger partial charge in [-0.1, -0.05) is 0 Å². The van der Waals surface area contributed by atoms with Crippen molar-refractivity contribution in [2.45, 2.75) is 24.4 Å². The van der Waals surface area contributed by atoms with E-state index in [0.29, 0.717) is 0 Å². The number of aliphatic carboxylic acids is 2. The highest BCUT2D eigenvalue weighted by Gasteiger charge is 2.72. The van der Waals surface area contributed by atoms with Crippen LogP contribution in [0.2, 0.25) is 0 Å². The van der Waals surface area contributed by atoms with Gasteiger partial charge in [0.2, 0.25) is 0 Å². The zero-order chi connectivity index (χ0) is 10.0. The van der Waals surface area contributed by atoms with Gasteiger partial charge in [0, 0.05) is 0 Å². The van der Waals surface area contributed by atoms with E-state index in [-0.39, 0.29) is 12.2 Å². The van der Waals surface area contributed by atoms with Crippen LogP contribution in [0.1, 0.15) is 0 Å². The fraction of sp³-hybridized carbons (Fsp3) is 0.750. The average molecular weight is 200 g/mol. The zero-order valence-corrected chi connectivity index (χ0v) is 6.99. The summed E-state index contributed by atoms with van der Waals surface area (Å²) in [6.07, 6.45) is -1.50. The Hall–Kier alpha value is -1.14. The molecule has 0 saturated carbocycles. The predicted molar refractivity (Wildman–Crippen MR) is 39.6 cm³/mol. The molecule has 3 fully saturated rings. The molecule has 14 heavy (non-hydrogen) atoms. The minimum atomic E-state index is -1.11. The van der Waals surface area contributed by atoms with E-state index >= 15 is 0 Å². The molecule has 3 aliphatic heterocycles. The van der Waals surface area contributed by atoms with Crippen LogP contribution < -0.4 is 0 Å². The summed E-state index contributed by atoms with van der Waals surface area (Å²) >= 11 is 0. The summed E-state index contributed by atoms with van der Waals surface area (Å²) in [7, 11) is 0. The van der Waals surface area contributed by atoms with Gasteiger partial charge in [0.05, 0.1) is 0 Å². The summed E-state index contributed by atoms with van der Waals surface area (Å²) in [5.41, 5.74) is 0. The Kier molecular flexibility index (Phi) is 1.32. The van der Waals surface area contributed by atoms with Crippen LogP contribution in [-0.4, -0.2) is 46.6 Å². The molecule has 0 aromatic heterocycles.